The highest BCUT2D eigenvalue weighted by Crippen LogP contribution is 2.31. The van der Waals surface area contributed by atoms with Gasteiger partial charge in [-0.3, -0.25) is 14.5 Å². The largest absolute Gasteiger partial charge is 0.325 e. The summed E-state index contributed by atoms with van der Waals surface area (Å²) in [6, 6.07) is 23.6. The van der Waals surface area contributed by atoms with Crippen molar-refractivity contribution < 1.29 is 9.59 Å². The van der Waals surface area contributed by atoms with Crippen molar-refractivity contribution >= 4 is 63.3 Å². The Morgan fingerprint density at radius 2 is 1.75 bits per heavy atom. The Balaban J connectivity index is 1.58. The van der Waals surface area contributed by atoms with E-state index in [0.717, 1.165) is 5.56 Å². The van der Waals surface area contributed by atoms with Crippen LogP contribution in [0.3, 0.4) is 0 Å². The fourth-order valence-corrected chi connectivity index (χ4v) is 4.59. The van der Waals surface area contributed by atoms with E-state index in [9.17, 15) is 9.59 Å². The first-order valence-electron chi connectivity index (χ1n) is 9.89. The normalized spacial score (nSPS) is 17.4. The van der Waals surface area contributed by atoms with E-state index < -0.39 is 5.25 Å². The summed E-state index contributed by atoms with van der Waals surface area (Å²) in [4.78, 5) is 32.3. The van der Waals surface area contributed by atoms with Crippen LogP contribution < -0.4 is 5.32 Å². The van der Waals surface area contributed by atoms with Gasteiger partial charge in [0.15, 0.2) is 5.17 Å². The topological polar surface area (TPSA) is 61.8 Å². The van der Waals surface area contributed by atoms with Crippen LogP contribution in [0.2, 0.25) is 10.0 Å². The fourth-order valence-electron chi connectivity index (χ4n) is 3.17. The van der Waals surface area contributed by atoms with Gasteiger partial charge in [0.2, 0.25) is 11.8 Å². The van der Waals surface area contributed by atoms with Crippen LogP contribution in [0.25, 0.3) is 0 Å². The number of benzene rings is 3. The van der Waals surface area contributed by atoms with E-state index in [-0.39, 0.29) is 18.2 Å². The summed E-state index contributed by atoms with van der Waals surface area (Å²) in [5, 5.41) is 3.87. The van der Waals surface area contributed by atoms with Crippen LogP contribution in [0.1, 0.15) is 12.0 Å². The highest BCUT2D eigenvalue weighted by Gasteiger charge is 2.36. The summed E-state index contributed by atoms with van der Waals surface area (Å²) in [7, 11) is 0. The molecule has 1 aliphatic rings. The summed E-state index contributed by atoms with van der Waals surface area (Å²) in [5.41, 5.74) is 2.21. The molecule has 3 aromatic rings. The van der Waals surface area contributed by atoms with Gasteiger partial charge >= 0.3 is 0 Å². The van der Waals surface area contributed by atoms with E-state index in [1.807, 2.05) is 42.5 Å². The van der Waals surface area contributed by atoms with Crippen molar-refractivity contribution in [3.63, 3.8) is 0 Å². The van der Waals surface area contributed by atoms with Crippen molar-refractivity contribution in [2.45, 2.75) is 18.2 Å². The summed E-state index contributed by atoms with van der Waals surface area (Å²) >= 11 is 13.3. The first-order valence-corrected chi connectivity index (χ1v) is 11.5. The van der Waals surface area contributed by atoms with E-state index in [0.29, 0.717) is 33.1 Å². The Bertz CT molecular complexity index is 1150. The van der Waals surface area contributed by atoms with E-state index >= 15 is 0 Å². The van der Waals surface area contributed by atoms with Gasteiger partial charge in [-0.2, -0.15) is 0 Å². The Hall–Kier alpha value is -2.80. The molecule has 5 nitrogen and oxygen atoms in total. The van der Waals surface area contributed by atoms with Crippen molar-refractivity contribution in [2.24, 2.45) is 4.99 Å². The molecule has 1 fully saturated rings. The van der Waals surface area contributed by atoms with Gasteiger partial charge in [-0.25, -0.2) is 4.99 Å². The minimum atomic E-state index is -0.606. The second kappa shape index (κ2) is 10.2. The standard InChI is InChI=1S/C24H19Cl2N3O2S/c25-17-11-9-16(10-12-17)15-29-22(30)14-21(23(31)27-20-8-4-5-18(26)13-20)32-24(29)28-19-6-2-1-3-7-19/h1-13,21H,14-15H2,(H,27,31)/t21-/m0/s1. The van der Waals surface area contributed by atoms with Crippen molar-refractivity contribution in [2.75, 3.05) is 5.32 Å². The molecule has 1 atom stereocenters. The number of hydrogen-bond donors (Lipinski definition) is 1. The van der Waals surface area contributed by atoms with Gasteiger partial charge in [0, 0.05) is 22.2 Å². The predicted molar refractivity (Wildman–Crippen MR) is 132 cm³/mol. The Kier molecular flexibility index (Phi) is 7.15. The third-order valence-electron chi connectivity index (χ3n) is 4.76. The number of amidine groups is 1. The number of rotatable bonds is 5. The zero-order valence-corrected chi connectivity index (χ0v) is 19.2. The van der Waals surface area contributed by atoms with Gasteiger partial charge in [0.05, 0.1) is 12.2 Å². The van der Waals surface area contributed by atoms with Crippen LogP contribution in [0.15, 0.2) is 83.9 Å². The molecule has 0 bridgehead atoms. The molecule has 0 radical (unpaired) electrons. The van der Waals surface area contributed by atoms with Gasteiger partial charge in [-0.1, -0.05) is 71.4 Å². The predicted octanol–water partition coefficient (Wildman–Crippen LogP) is 6.15. The average Bonchev–Trinajstić information content (AvgIpc) is 2.78. The monoisotopic (exact) mass is 483 g/mol. The van der Waals surface area contributed by atoms with Gasteiger partial charge in [0.25, 0.3) is 0 Å². The van der Waals surface area contributed by atoms with Crippen molar-refractivity contribution in [3.05, 3.63) is 94.5 Å². The van der Waals surface area contributed by atoms with Gasteiger partial charge in [0.1, 0.15) is 5.25 Å². The lowest BCUT2D eigenvalue weighted by Gasteiger charge is -2.32. The van der Waals surface area contributed by atoms with Crippen molar-refractivity contribution in [1.29, 1.82) is 0 Å². The molecule has 0 saturated carbocycles. The third kappa shape index (κ3) is 5.71. The number of aliphatic imine (C=N–C) groups is 1. The number of para-hydroxylation sites is 1. The highest BCUT2D eigenvalue weighted by molar-refractivity contribution is 8.15. The number of carbonyl (C=O) groups excluding carboxylic acids is 2. The Morgan fingerprint density at radius 3 is 2.47 bits per heavy atom. The molecule has 1 aliphatic heterocycles. The highest BCUT2D eigenvalue weighted by atomic mass is 35.5. The van der Waals surface area contributed by atoms with E-state index in [1.165, 1.54) is 11.8 Å². The van der Waals surface area contributed by atoms with Crippen LogP contribution in [-0.4, -0.2) is 27.1 Å². The molecular formula is C24H19Cl2N3O2S. The molecule has 1 N–H and O–H groups in total. The maximum absolute atomic E-state index is 13.1. The molecule has 0 aromatic heterocycles. The zero-order valence-electron chi connectivity index (χ0n) is 16.9. The molecule has 32 heavy (non-hydrogen) atoms. The van der Waals surface area contributed by atoms with E-state index in [4.69, 9.17) is 23.2 Å². The number of hydrogen-bond acceptors (Lipinski definition) is 4. The molecule has 0 spiro atoms. The minimum Gasteiger partial charge on any atom is -0.325 e. The van der Waals surface area contributed by atoms with Crippen molar-refractivity contribution in [3.8, 4) is 0 Å². The molecule has 1 heterocycles. The number of thioether (sulfide) groups is 1. The van der Waals surface area contributed by atoms with Crippen LogP contribution in [0.4, 0.5) is 11.4 Å². The lowest BCUT2D eigenvalue weighted by molar-refractivity contribution is -0.129. The molecule has 0 aliphatic carbocycles. The Morgan fingerprint density at radius 1 is 1.00 bits per heavy atom. The second-order valence-corrected chi connectivity index (χ2v) is 9.19. The number of carbonyl (C=O) groups is 2. The Labute approximate surface area is 200 Å². The molecule has 8 heteroatoms. The van der Waals surface area contributed by atoms with Crippen LogP contribution in [-0.2, 0) is 16.1 Å². The number of halogens is 2. The molecule has 162 valence electrons. The quantitative estimate of drug-likeness (QED) is 0.472. The number of anilines is 1. The van der Waals surface area contributed by atoms with E-state index in [1.54, 1.807) is 41.3 Å². The number of nitrogens with one attached hydrogen (secondary N) is 1. The van der Waals surface area contributed by atoms with Gasteiger partial charge in [-0.05, 0) is 48.0 Å². The maximum Gasteiger partial charge on any atom is 0.238 e. The van der Waals surface area contributed by atoms with Gasteiger partial charge < -0.3 is 5.32 Å². The lowest BCUT2D eigenvalue weighted by Crippen LogP contribution is -2.44. The zero-order chi connectivity index (χ0) is 22.5. The summed E-state index contributed by atoms with van der Waals surface area (Å²) in [5.74, 6) is -0.433. The smallest absolute Gasteiger partial charge is 0.238 e. The third-order valence-corrected chi connectivity index (χ3v) is 6.43. The molecule has 1 saturated heterocycles. The number of amides is 2. The fraction of sp³-hybridized carbons (Fsp3) is 0.125. The van der Waals surface area contributed by atoms with E-state index in [2.05, 4.69) is 10.3 Å². The van der Waals surface area contributed by atoms with Gasteiger partial charge in [-0.15, -0.1) is 0 Å². The van der Waals surface area contributed by atoms with Crippen LogP contribution in [0.5, 0.6) is 0 Å². The summed E-state index contributed by atoms with van der Waals surface area (Å²) in [6.07, 6.45) is 0.0679. The molecular weight excluding hydrogens is 465 g/mol. The number of nitrogens with zero attached hydrogens (tertiary/aromatic N) is 2. The summed E-state index contributed by atoms with van der Waals surface area (Å²) in [6.45, 7) is 0.345. The minimum absolute atomic E-state index is 0.0679. The van der Waals surface area contributed by atoms with Crippen molar-refractivity contribution in [1.82, 2.24) is 4.90 Å². The van der Waals surface area contributed by atoms with Crippen LogP contribution >= 0.6 is 35.0 Å². The maximum atomic E-state index is 13.1. The first kappa shape index (κ1) is 22.4. The molecule has 3 aromatic carbocycles. The second-order valence-electron chi connectivity index (χ2n) is 7.15. The lowest BCUT2D eigenvalue weighted by atomic mass is 10.2. The molecule has 2 amide bonds. The summed E-state index contributed by atoms with van der Waals surface area (Å²) < 4.78 is 0. The first-order chi connectivity index (χ1) is 15.5. The molecule has 0 unspecified atom stereocenters. The molecule has 4 rings (SSSR count). The average molecular weight is 484 g/mol. The SMILES string of the molecule is O=C(Nc1cccc(Cl)c1)[C@@H]1CC(=O)N(Cc2ccc(Cl)cc2)C(=Nc2ccccc2)S1. The van der Waals surface area contributed by atoms with Crippen LogP contribution in [0, 0.1) is 0 Å².